The molecule has 0 bridgehead atoms. The Morgan fingerprint density at radius 2 is 1.78 bits per heavy atom. The highest BCUT2D eigenvalue weighted by atomic mass is 32.1. The Labute approximate surface area is 115 Å². The normalized spacial score (nSPS) is 10.3. The maximum absolute atomic E-state index is 11.6. The fourth-order valence-corrected chi connectivity index (χ4v) is 1.93. The summed E-state index contributed by atoms with van der Waals surface area (Å²) in [5.41, 5.74) is 1.12. The van der Waals surface area contributed by atoms with E-state index in [1.165, 1.54) is 19.3 Å². The molecule has 100 valence electrons. The molecule has 0 aromatic heterocycles. The zero-order valence-corrected chi connectivity index (χ0v) is 11.9. The van der Waals surface area contributed by atoms with Gasteiger partial charge in [0.15, 0.2) is 0 Å². The van der Waals surface area contributed by atoms with E-state index in [1.54, 1.807) is 0 Å². The van der Waals surface area contributed by atoms with Crippen molar-refractivity contribution in [3.8, 4) is 5.75 Å². The van der Waals surface area contributed by atoms with Crippen molar-refractivity contribution in [2.45, 2.75) is 51.2 Å². The predicted molar refractivity (Wildman–Crippen MR) is 78.1 cm³/mol. The zero-order chi connectivity index (χ0) is 13.2. The number of ether oxygens (including phenoxy) is 1. The summed E-state index contributed by atoms with van der Waals surface area (Å²) in [6, 6.07) is 7.49. The van der Waals surface area contributed by atoms with E-state index in [1.807, 2.05) is 24.3 Å². The molecule has 0 aliphatic rings. The Morgan fingerprint density at radius 3 is 2.39 bits per heavy atom. The number of thiol groups is 1. The molecule has 3 heteroatoms. The molecular weight excluding hydrogens is 244 g/mol. The Bertz CT molecular complexity index is 346. The highest BCUT2D eigenvalue weighted by Crippen LogP contribution is 2.15. The number of carbonyl (C=O) groups is 1. The molecule has 0 N–H and O–H groups in total. The molecule has 0 radical (unpaired) electrons. The molecule has 0 spiro atoms. The Balaban J connectivity index is 2.22. The van der Waals surface area contributed by atoms with Gasteiger partial charge in [0.1, 0.15) is 5.75 Å². The van der Waals surface area contributed by atoms with Crippen LogP contribution in [-0.4, -0.2) is 5.97 Å². The van der Waals surface area contributed by atoms with Gasteiger partial charge in [-0.15, -0.1) is 0 Å². The second kappa shape index (κ2) is 9.03. The number of hydrogen-bond donors (Lipinski definition) is 1. The van der Waals surface area contributed by atoms with Crippen LogP contribution in [0.2, 0.25) is 0 Å². The van der Waals surface area contributed by atoms with Gasteiger partial charge in [-0.25, -0.2) is 0 Å². The average molecular weight is 266 g/mol. The second-order valence-corrected chi connectivity index (χ2v) is 4.76. The third-order valence-electron chi connectivity index (χ3n) is 2.82. The number of benzene rings is 1. The number of carbonyl (C=O) groups excluding carboxylic acids is 1. The van der Waals surface area contributed by atoms with E-state index < -0.39 is 0 Å². The predicted octanol–water partition coefficient (Wildman–Crippen LogP) is 4.38. The standard InChI is InChI=1S/C15H22O2S/c1-2-3-4-5-6-7-15(16)17-14-10-8-13(12-18)9-11-14/h8-11,18H,2-7,12H2,1H3. The molecule has 2 nitrogen and oxygen atoms in total. The van der Waals surface area contributed by atoms with Gasteiger partial charge < -0.3 is 4.74 Å². The minimum atomic E-state index is -0.134. The maximum Gasteiger partial charge on any atom is 0.311 e. The first kappa shape index (κ1) is 15.1. The van der Waals surface area contributed by atoms with Gasteiger partial charge in [0.2, 0.25) is 0 Å². The lowest BCUT2D eigenvalue weighted by molar-refractivity contribution is -0.134. The molecule has 0 saturated heterocycles. The summed E-state index contributed by atoms with van der Waals surface area (Å²) in [6.07, 6.45) is 6.23. The monoisotopic (exact) mass is 266 g/mol. The minimum Gasteiger partial charge on any atom is -0.427 e. The molecule has 0 heterocycles. The van der Waals surface area contributed by atoms with Crippen LogP contribution in [0.1, 0.15) is 51.0 Å². The van der Waals surface area contributed by atoms with Crippen LogP contribution in [0.4, 0.5) is 0 Å². The van der Waals surface area contributed by atoms with Gasteiger partial charge in [-0.2, -0.15) is 12.6 Å². The molecule has 1 aromatic rings. The van der Waals surface area contributed by atoms with Gasteiger partial charge in [-0.05, 0) is 24.1 Å². The van der Waals surface area contributed by atoms with Gasteiger partial charge in [-0.3, -0.25) is 4.79 Å². The van der Waals surface area contributed by atoms with Crippen LogP contribution in [0.5, 0.6) is 5.75 Å². The Kier molecular flexibility index (Phi) is 7.58. The molecule has 0 aliphatic heterocycles. The van der Waals surface area contributed by atoms with Crippen LogP contribution in [0.15, 0.2) is 24.3 Å². The lowest BCUT2D eigenvalue weighted by atomic mass is 10.1. The highest BCUT2D eigenvalue weighted by molar-refractivity contribution is 7.79. The largest absolute Gasteiger partial charge is 0.427 e. The molecule has 0 amide bonds. The van der Waals surface area contributed by atoms with Crippen LogP contribution < -0.4 is 4.74 Å². The van der Waals surface area contributed by atoms with Gasteiger partial charge >= 0.3 is 5.97 Å². The van der Waals surface area contributed by atoms with E-state index in [4.69, 9.17) is 4.74 Å². The van der Waals surface area contributed by atoms with Crippen molar-refractivity contribution in [2.75, 3.05) is 0 Å². The fourth-order valence-electron chi connectivity index (χ4n) is 1.72. The Hall–Kier alpha value is -0.960. The average Bonchev–Trinajstić information content (AvgIpc) is 2.39. The third-order valence-corrected chi connectivity index (χ3v) is 3.19. The molecule has 0 atom stereocenters. The first-order chi connectivity index (χ1) is 8.76. The van der Waals surface area contributed by atoms with E-state index in [0.29, 0.717) is 17.9 Å². The first-order valence-corrected chi connectivity index (χ1v) is 7.30. The summed E-state index contributed by atoms with van der Waals surface area (Å²) in [7, 11) is 0. The van der Waals surface area contributed by atoms with Gasteiger partial charge in [0.05, 0.1) is 0 Å². The Morgan fingerprint density at radius 1 is 1.11 bits per heavy atom. The van der Waals surface area contributed by atoms with Gasteiger partial charge in [0, 0.05) is 12.2 Å². The number of rotatable bonds is 8. The molecule has 0 unspecified atom stereocenters. The van der Waals surface area contributed by atoms with Crippen molar-refractivity contribution in [3.05, 3.63) is 29.8 Å². The second-order valence-electron chi connectivity index (χ2n) is 4.44. The summed E-state index contributed by atoms with van der Waals surface area (Å²) >= 11 is 4.18. The topological polar surface area (TPSA) is 26.3 Å². The minimum absolute atomic E-state index is 0.134. The molecular formula is C15H22O2S. The van der Waals surface area contributed by atoms with Crippen LogP contribution in [-0.2, 0) is 10.5 Å². The molecule has 0 saturated carbocycles. The van der Waals surface area contributed by atoms with Crippen molar-refractivity contribution in [1.29, 1.82) is 0 Å². The number of unbranched alkanes of at least 4 members (excludes halogenated alkanes) is 4. The van der Waals surface area contributed by atoms with E-state index in [0.717, 1.165) is 18.4 Å². The first-order valence-electron chi connectivity index (χ1n) is 6.66. The zero-order valence-electron chi connectivity index (χ0n) is 11.0. The van der Waals surface area contributed by atoms with E-state index in [9.17, 15) is 4.79 Å². The lowest BCUT2D eigenvalue weighted by Crippen LogP contribution is -2.07. The van der Waals surface area contributed by atoms with E-state index in [2.05, 4.69) is 19.6 Å². The van der Waals surface area contributed by atoms with Gasteiger partial charge in [0.25, 0.3) is 0 Å². The number of hydrogen-bond acceptors (Lipinski definition) is 3. The van der Waals surface area contributed by atoms with Crippen molar-refractivity contribution in [3.63, 3.8) is 0 Å². The van der Waals surface area contributed by atoms with Crippen LogP contribution in [0, 0.1) is 0 Å². The highest BCUT2D eigenvalue weighted by Gasteiger charge is 2.04. The summed E-state index contributed by atoms with van der Waals surface area (Å²) in [5, 5.41) is 0. The lowest BCUT2D eigenvalue weighted by Gasteiger charge is -2.05. The van der Waals surface area contributed by atoms with Crippen molar-refractivity contribution < 1.29 is 9.53 Å². The van der Waals surface area contributed by atoms with Crippen molar-refractivity contribution >= 4 is 18.6 Å². The molecule has 0 fully saturated rings. The van der Waals surface area contributed by atoms with Crippen molar-refractivity contribution in [2.24, 2.45) is 0 Å². The van der Waals surface area contributed by atoms with E-state index in [-0.39, 0.29) is 5.97 Å². The quantitative estimate of drug-likeness (QED) is 0.327. The van der Waals surface area contributed by atoms with Crippen LogP contribution in [0.3, 0.4) is 0 Å². The summed E-state index contributed by atoms with van der Waals surface area (Å²) in [5.74, 6) is 1.19. The van der Waals surface area contributed by atoms with Crippen molar-refractivity contribution in [1.82, 2.24) is 0 Å². The maximum atomic E-state index is 11.6. The summed E-state index contributed by atoms with van der Waals surface area (Å²) in [6.45, 7) is 2.18. The number of esters is 1. The summed E-state index contributed by atoms with van der Waals surface area (Å²) < 4.78 is 5.26. The SMILES string of the molecule is CCCCCCCC(=O)Oc1ccc(CS)cc1. The molecule has 1 aromatic carbocycles. The van der Waals surface area contributed by atoms with E-state index >= 15 is 0 Å². The van der Waals surface area contributed by atoms with Crippen LogP contribution >= 0.6 is 12.6 Å². The van der Waals surface area contributed by atoms with Crippen LogP contribution in [0.25, 0.3) is 0 Å². The molecule has 1 rings (SSSR count). The molecule has 18 heavy (non-hydrogen) atoms. The summed E-state index contributed by atoms with van der Waals surface area (Å²) in [4.78, 5) is 11.6. The fraction of sp³-hybridized carbons (Fsp3) is 0.533. The molecule has 0 aliphatic carbocycles. The van der Waals surface area contributed by atoms with Gasteiger partial charge in [-0.1, -0.05) is 44.7 Å². The smallest absolute Gasteiger partial charge is 0.311 e. The third kappa shape index (κ3) is 6.10.